The molecule has 0 spiro atoms. The van der Waals surface area contributed by atoms with E-state index in [0.717, 1.165) is 24.3 Å². The average Bonchev–Trinajstić information content (AvgIpc) is 3.03. The van der Waals surface area contributed by atoms with Gasteiger partial charge in [0.25, 0.3) is 11.7 Å². The van der Waals surface area contributed by atoms with Crippen LogP contribution in [0.25, 0.3) is 5.76 Å². The van der Waals surface area contributed by atoms with Gasteiger partial charge in [0.1, 0.15) is 11.5 Å². The third-order valence-electron chi connectivity index (χ3n) is 5.17. The number of nitrogens with zero attached hydrogens (tertiary/aromatic N) is 3. The van der Waals surface area contributed by atoms with E-state index in [0.29, 0.717) is 25.1 Å². The van der Waals surface area contributed by atoms with Crippen LogP contribution in [-0.2, 0) is 9.59 Å². The second kappa shape index (κ2) is 10.2. The number of aliphatic hydroxyl groups excluding tert-OH is 1. The van der Waals surface area contributed by atoms with E-state index in [-0.39, 0.29) is 11.3 Å². The molecule has 31 heavy (non-hydrogen) atoms. The Hall–Kier alpha value is -3.19. The summed E-state index contributed by atoms with van der Waals surface area (Å²) in [6.07, 6.45) is 4.69. The predicted molar refractivity (Wildman–Crippen MR) is 119 cm³/mol. The van der Waals surface area contributed by atoms with Gasteiger partial charge in [-0.25, -0.2) is 0 Å². The maximum Gasteiger partial charge on any atom is 0.295 e. The molecule has 1 N–H and O–H groups in total. The molecule has 0 radical (unpaired) electrons. The molecule has 164 valence electrons. The van der Waals surface area contributed by atoms with Crippen molar-refractivity contribution in [2.75, 3.05) is 33.8 Å². The summed E-state index contributed by atoms with van der Waals surface area (Å²) < 4.78 is 5.66. The van der Waals surface area contributed by atoms with Gasteiger partial charge in [-0.15, -0.1) is 0 Å². The molecule has 1 aromatic carbocycles. The van der Waals surface area contributed by atoms with Crippen molar-refractivity contribution in [3.05, 3.63) is 65.5 Å². The molecule has 1 aliphatic rings. The highest BCUT2D eigenvalue weighted by atomic mass is 16.5. The highest BCUT2D eigenvalue weighted by molar-refractivity contribution is 6.46. The third-order valence-corrected chi connectivity index (χ3v) is 5.17. The topological polar surface area (TPSA) is 83.0 Å². The van der Waals surface area contributed by atoms with Gasteiger partial charge in [-0.1, -0.05) is 19.1 Å². The van der Waals surface area contributed by atoms with Crippen molar-refractivity contribution in [1.82, 2.24) is 14.8 Å². The number of carbonyl (C=O) groups is 2. The molecule has 2 aromatic rings. The molecule has 1 aliphatic heterocycles. The van der Waals surface area contributed by atoms with Crippen molar-refractivity contribution in [1.29, 1.82) is 0 Å². The average molecular weight is 424 g/mol. The van der Waals surface area contributed by atoms with Crippen molar-refractivity contribution >= 4 is 17.4 Å². The molecular weight excluding hydrogens is 394 g/mol. The zero-order valence-electron chi connectivity index (χ0n) is 18.2. The lowest BCUT2D eigenvalue weighted by Crippen LogP contribution is -2.32. The zero-order valence-corrected chi connectivity index (χ0v) is 18.2. The largest absolute Gasteiger partial charge is 0.507 e. The highest BCUT2D eigenvalue weighted by Crippen LogP contribution is 2.39. The number of rotatable bonds is 9. The van der Waals surface area contributed by atoms with Crippen LogP contribution in [0.1, 0.15) is 36.9 Å². The first-order chi connectivity index (χ1) is 14.9. The molecule has 1 fully saturated rings. The van der Waals surface area contributed by atoms with Crippen LogP contribution in [0.15, 0.2) is 54.4 Å². The van der Waals surface area contributed by atoms with Gasteiger partial charge in [0, 0.05) is 24.5 Å². The number of benzene rings is 1. The van der Waals surface area contributed by atoms with E-state index in [9.17, 15) is 14.7 Å². The molecule has 0 bridgehead atoms. The number of amides is 1. The van der Waals surface area contributed by atoms with Crippen molar-refractivity contribution in [3.63, 3.8) is 0 Å². The summed E-state index contributed by atoms with van der Waals surface area (Å²) in [5.41, 5.74) is 1.31. The van der Waals surface area contributed by atoms with E-state index in [1.54, 1.807) is 17.0 Å². The Kier molecular flexibility index (Phi) is 7.41. The van der Waals surface area contributed by atoms with Crippen LogP contribution < -0.4 is 4.74 Å². The van der Waals surface area contributed by atoms with E-state index >= 15 is 0 Å². The van der Waals surface area contributed by atoms with Crippen molar-refractivity contribution < 1.29 is 19.4 Å². The number of pyridine rings is 1. The Morgan fingerprint density at radius 2 is 1.81 bits per heavy atom. The van der Waals surface area contributed by atoms with Crippen LogP contribution in [0.5, 0.6) is 5.75 Å². The maximum atomic E-state index is 13.0. The highest BCUT2D eigenvalue weighted by Gasteiger charge is 2.45. The lowest BCUT2D eigenvalue weighted by Gasteiger charge is -2.26. The summed E-state index contributed by atoms with van der Waals surface area (Å²) in [6.45, 7) is 3.84. The second-order valence-electron chi connectivity index (χ2n) is 7.80. The number of ether oxygens (including phenoxy) is 1. The fourth-order valence-electron chi connectivity index (χ4n) is 3.65. The summed E-state index contributed by atoms with van der Waals surface area (Å²) in [5, 5.41) is 11.0. The number of hydrogen-bond donors (Lipinski definition) is 1. The minimum Gasteiger partial charge on any atom is -0.507 e. The van der Waals surface area contributed by atoms with Crippen LogP contribution in [0.2, 0.25) is 0 Å². The lowest BCUT2D eigenvalue weighted by atomic mass is 9.95. The van der Waals surface area contributed by atoms with Gasteiger partial charge in [-0.3, -0.25) is 14.6 Å². The number of likely N-dealkylation sites (tertiary alicyclic amines) is 1. The number of aliphatic hydroxyl groups is 1. The molecule has 1 aromatic heterocycles. The molecule has 2 heterocycles. The van der Waals surface area contributed by atoms with E-state index in [1.165, 1.54) is 12.4 Å². The normalized spacial score (nSPS) is 18.1. The standard InChI is InChI=1S/C24H29N3O4/c1-4-16-31-19-8-6-17(7-9-19)21-20(22(28)18-10-12-25-13-11-18)23(29)24(30)27(21)15-5-14-26(2)3/h6-13,21,28H,4-5,14-16H2,1-3H3/t21-/m1/s1. The van der Waals surface area contributed by atoms with E-state index in [4.69, 9.17) is 4.74 Å². The number of ketones is 1. The summed E-state index contributed by atoms with van der Waals surface area (Å²) in [6, 6.07) is 9.94. The monoisotopic (exact) mass is 423 g/mol. The Bertz CT molecular complexity index is 939. The lowest BCUT2D eigenvalue weighted by molar-refractivity contribution is -0.139. The van der Waals surface area contributed by atoms with Crippen LogP contribution in [0.3, 0.4) is 0 Å². The minimum atomic E-state index is -0.671. The number of carbonyl (C=O) groups excluding carboxylic acids is 2. The molecule has 1 atom stereocenters. The van der Waals surface area contributed by atoms with E-state index < -0.39 is 17.7 Å². The molecule has 7 heteroatoms. The Balaban J connectivity index is 2.02. The molecule has 1 saturated heterocycles. The van der Waals surface area contributed by atoms with Gasteiger partial charge < -0.3 is 19.6 Å². The first-order valence-corrected chi connectivity index (χ1v) is 10.5. The SMILES string of the molecule is CCCOc1ccc([C@@H]2C(=C(O)c3ccncc3)C(=O)C(=O)N2CCCN(C)C)cc1. The Labute approximate surface area is 183 Å². The summed E-state index contributed by atoms with van der Waals surface area (Å²) >= 11 is 0. The van der Waals surface area contributed by atoms with Crippen molar-refractivity contribution in [3.8, 4) is 5.75 Å². The summed E-state index contributed by atoms with van der Waals surface area (Å²) in [7, 11) is 3.92. The van der Waals surface area contributed by atoms with Crippen molar-refractivity contribution in [2.24, 2.45) is 0 Å². The first-order valence-electron chi connectivity index (χ1n) is 10.5. The quantitative estimate of drug-likeness (QED) is 0.379. The van der Waals surface area contributed by atoms with E-state index in [2.05, 4.69) is 4.98 Å². The predicted octanol–water partition coefficient (Wildman–Crippen LogP) is 3.24. The number of hydrogen-bond acceptors (Lipinski definition) is 6. The molecule has 7 nitrogen and oxygen atoms in total. The van der Waals surface area contributed by atoms with Gasteiger partial charge in [0.2, 0.25) is 0 Å². The maximum absolute atomic E-state index is 13.0. The number of aromatic nitrogens is 1. The summed E-state index contributed by atoms with van der Waals surface area (Å²) in [5.74, 6) is -0.724. The second-order valence-corrected chi connectivity index (χ2v) is 7.80. The molecule has 0 aliphatic carbocycles. The van der Waals surface area contributed by atoms with Crippen LogP contribution in [0, 0.1) is 0 Å². The molecule has 0 saturated carbocycles. The van der Waals surface area contributed by atoms with Crippen LogP contribution >= 0.6 is 0 Å². The third kappa shape index (κ3) is 5.11. The van der Waals surface area contributed by atoms with Crippen molar-refractivity contribution in [2.45, 2.75) is 25.8 Å². The Morgan fingerprint density at radius 1 is 1.13 bits per heavy atom. The first kappa shape index (κ1) is 22.5. The molecular formula is C24H29N3O4. The number of Topliss-reactive ketones (excluding diaryl/α,β-unsaturated/α-hetero) is 1. The molecule has 3 rings (SSSR count). The van der Waals surface area contributed by atoms with Gasteiger partial charge in [0.15, 0.2) is 0 Å². The van der Waals surface area contributed by atoms with Gasteiger partial charge in [-0.2, -0.15) is 0 Å². The fraction of sp³-hybridized carbons (Fsp3) is 0.375. The van der Waals surface area contributed by atoms with Gasteiger partial charge >= 0.3 is 0 Å². The van der Waals surface area contributed by atoms with Crippen LogP contribution in [-0.4, -0.2) is 65.4 Å². The van der Waals surface area contributed by atoms with Gasteiger partial charge in [0.05, 0.1) is 18.2 Å². The van der Waals surface area contributed by atoms with Gasteiger partial charge in [-0.05, 0) is 63.3 Å². The fourth-order valence-corrected chi connectivity index (χ4v) is 3.65. The molecule has 0 unspecified atom stereocenters. The Morgan fingerprint density at radius 3 is 2.42 bits per heavy atom. The smallest absolute Gasteiger partial charge is 0.295 e. The zero-order chi connectivity index (χ0) is 22.4. The van der Waals surface area contributed by atoms with E-state index in [1.807, 2.05) is 50.2 Å². The summed E-state index contributed by atoms with van der Waals surface area (Å²) in [4.78, 5) is 33.4. The minimum absolute atomic E-state index is 0.100. The van der Waals surface area contributed by atoms with Crippen LogP contribution in [0.4, 0.5) is 0 Å². The molecule has 1 amide bonds.